The third-order valence-electron chi connectivity index (χ3n) is 8.20. The highest BCUT2D eigenvalue weighted by molar-refractivity contribution is 8.02. The molecule has 0 aliphatic carbocycles. The molecule has 0 saturated carbocycles. The molecule has 0 aromatic heterocycles. The Kier molecular flexibility index (Phi) is 9.72. The molecular formula is C28H44N2O5S. The van der Waals surface area contributed by atoms with E-state index in [1.165, 1.54) is 0 Å². The van der Waals surface area contributed by atoms with Crippen LogP contribution in [0.4, 0.5) is 0 Å². The molecule has 0 aromatic rings. The standard InChI is InChI=1S/C28H44N2O5S/c1-7-10-11-16-35-27(34)22-21-13-14-28(36-21)23(22)25(32)30(20(17-31)18(4)5)24(28)26(33)29(15-9-3)19(6)12-8-2/h7,9,18-24,31H,1,3,8,10-17H2,2,4-6H3/t19?,20-,21+,22-,23-,24?,28?/m0/s1. The van der Waals surface area contributed by atoms with E-state index < -0.39 is 28.7 Å². The van der Waals surface area contributed by atoms with E-state index in [9.17, 15) is 19.5 Å². The van der Waals surface area contributed by atoms with Crippen molar-refractivity contribution in [2.45, 2.75) is 94.3 Å². The molecule has 3 rings (SSSR count). The molecule has 3 unspecified atom stereocenters. The number of aliphatic hydroxyl groups is 1. The number of hydrogen-bond donors (Lipinski definition) is 1. The van der Waals surface area contributed by atoms with Gasteiger partial charge in [0, 0.05) is 17.8 Å². The topological polar surface area (TPSA) is 87.1 Å². The summed E-state index contributed by atoms with van der Waals surface area (Å²) in [6.07, 6.45) is 8.24. The molecule has 3 saturated heterocycles. The predicted octanol–water partition coefficient (Wildman–Crippen LogP) is 3.81. The zero-order valence-electron chi connectivity index (χ0n) is 22.4. The Balaban J connectivity index is 2.02. The Morgan fingerprint density at radius 1 is 1.31 bits per heavy atom. The quantitative estimate of drug-likeness (QED) is 0.213. The average Bonchev–Trinajstić information content (AvgIpc) is 3.48. The maximum Gasteiger partial charge on any atom is 0.310 e. The molecule has 7 atom stereocenters. The maximum atomic E-state index is 14.4. The van der Waals surface area contributed by atoms with Crippen LogP contribution in [0.25, 0.3) is 0 Å². The SMILES string of the molecule is C=CCCCOC(=O)[C@@H]1[C@H]2C(=O)N([C@@H](CO)C(C)C)C(C(=O)N(CC=C)C(C)CCC)C23CC[C@H]1S3. The highest BCUT2D eigenvalue weighted by Crippen LogP contribution is 2.67. The summed E-state index contributed by atoms with van der Waals surface area (Å²) < 4.78 is 4.94. The molecule has 36 heavy (non-hydrogen) atoms. The first-order valence-corrected chi connectivity index (χ1v) is 14.4. The zero-order valence-corrected chi connectivity index (χ0v) is 23.2. The lowest BCUT2D eigenvalue weighted by Gasteiger charge is -2.42. The minimum atomic E-state index is -0.720. The van der Waals surface area contributed by atoms with Gasteiger partial charge in [0.05, 0.1) is 35.8 Å². The van der Waals surface area contributed by atoms with Crippen LogP contribution >= 0.6 is 11.8 Å². The molecule has 3 fully saturated rings. The summed E-state index contributed by atoms with van der Waals surface area (Å²) in [6.45, 7) is 16.1. The summed E-state index contributed by atoms with van der Waals surface area (Å²) in [7, 11) is 0. The van der Waals surface area contributed by atoms with Crippen LogP contribution in [0.15, 0.2) is 25.3 Å². The summed E-state index contributed by atoms with van der Waals surface area (Å²) in [5.74, 6) is -1.84. The number of rotatable bonds is 14. The molecule has 202 valence electrons. The van der Waals surface area contributed by atoms with Crippen LogP contribution in [0.1, 0.15) is 66.2 Å². The second kappa shape index (κ2) is 12.2. The lowest BCUT2D eigenvalue weighted by molar-refractivity contribution is -0.155. The molecule has 7 nitrogen and oxygen atoms in total. The number of nitrogens with zero attached hydrogens (tertiary/aromatic N) is 2. The van der Waals surface area contributed by atoms with E-state index in [0.717, 1.165) is 25.7 Å². The molecule has 2 amide bonds. The number of amides is 2. The Bertz CT molecular complexity index is 848. The Labute approximate surface area is 220 Å². The van der Waals surface area contributed by atoms with E-state index in [1.807, 2.05) is 25.7 Å². The van der Waals surface area contributed by atoms with Gasteiger partial charge in [0.25, 0.3) is 0 Å². The molecule has 3 aliphatic heterocycles. The second-order valence-corrected chi connectivity index (χ2v) is 12.4. The van der Waals surface area contributed by atoms with Crippen LogP contribution in [0.3, 0.4) is 0 Å². The van der Waals surface area contributed by atoms with Crippen molar-refractivity contribution >= 4 is 29.5 Å². The smallest absolute Gasteiger partial charge is 0.310 e. The number of carbonyl (C=O) groups is 3. The number of carbonyl (C=O) groups excluding carboxylic acids is 3. The summed E-state index contributed by atoms with van der Waals surface area (Å²) in [5, 5.41) is 10.3. The molecule has 3 aliphatic rings. The van der Waals surface area contributed by atoms with Gasteiger partial charge in [-0.2, -0.15) is 0 Å². The van der Waals surface area contributed by atoms with Gasteiger partial charge in [-0.25, -0.2) is 0 Å². The van der Waals surface area contributed by atoms with Crippen molar-refractivity contribution < 1.29 is 24.2 Å². The van der Waals surface area contributed by atoms with Crippen LogP contribution in [0.2, 0.25) is 0 Å². The highest BCUT2D eigenvalue weighted by Gasteiger charge is 2.75. The Morgan fingerprint density at radius 2 is 2.03 bits per heavy atom. The average molecular weight is 521 g/mol. The van der Waals surface area contributed by atoms with Crippen molar-refractivity contribution in [2.24, 2.45) is 17.8 Å². The first-order valence-electron chi connectivity index (χ1n) is 13.5. The molecule has 0 radical (unpaired) electrons. The highest BCUT2D eigenvalue weighted by atomic mass is 32.2. The van der Waals surface area contributed by atoms with Gasteiger partial charge >= 0.3 is 5.97 Å². The van der Waals surface area contributed by atoms with E-state index >= 15 is 0 Å². The van der Waals surface area contributed by atoms with Gasteiger partial charge in [-0.3, -0.25) is 14.4 Å². The third kappa shape index (κ3) is 5.00. The van der Waals surface area contributed by atoms with Crippen LogP contribution in [0.5, 0.6) is 0 Å². The van der Waals surface area contributed by atoms with Gasteiger partial charge in [-0.1, -0.05) is 39.3 Å². The molecule has 3 heterocycles. The van der Waals surface area contributed by atoms with Crippen molar-refractivity contribution in [3.8, 4) is 0 Å². The fourth-order valence-corrected chi connectivity index (χ4v) is 8.66. The molecular weight excluding hydrogens is 476 g/mol. The largest absolute Gasteiger partial charge is 0.465 e. The first kappa shape index (κ1) is 28.8. The van der Waals surface area contributed by atoms with Crippen molar-refractivity contribution in [1.82, 2.24) is 9.80 Å². The van der Waals surface area contributed by atoms with Crippen LogP contribution in [0, 0.1) is 17.8 Å². The van der Waals surface area contributed by atoms with E-state index in [1.54, 1.807) is 28.8 Å². The molecule has 2 bridgehead atoms. The minimum Gasteiger partial charge on any atom is -0.465 e. The van der Waals surface area contributed by atoms with Gasteiger partial charge in [-0.05, 0) is 44.9 Å². The van der Waals surface area contributed by atoms with Crippen molar-refractivity contribution in [3.05, 3.63) is 25.3 Å². The number of fused-ring (bicyclic) bond motifs is 1. The van der Waals surface area contributed by atoms with E-state index in [2.05, 4.69) is 20.1 Å². The van der Waals surface area contributed by atoms with Gasteiger partial charge in [0.2, 0.25) is 11.8 Å². The fourth-order valence-electron chi connectivity index (χ4n) is 6.47. The van der Waals surface area contributed by atoms with Crippen LogP contribution in [-0.4, -0.2) is 80.6 Å². The molecule has 8 heteroatoms. The maximum absolute atomic E-state index is 14.4. The second-order valence-electron chi connectivity index (χ2n) is 10.8. The summed E-state index contributed by atoms with van der Waals surface area (Å²) >= 11 is 1.64. The van der Waals surface area contributed by atoms with Gasteiger partial charge in [0.15, 0.2) is 0 Å². The Morgan fingerprint density at radius 3 is 2.61 bits per heavy atom. The van der Waals surface area contributed by atoms with Gasteiger partial charge in [0.1, 0.15) is 6.04 Å². The van der Waals surface area contributed by atoms with E-state index in [-0.39, 0.29) is 41.6 Å². The monoisotopic (exact) mass is 520 g/mol. The lowest BCUT2D eigenvalue weighted by atomic mass is 9.71. The minimum absolute atomic E-state index is 0.00578. The number of allylic oxidation sites excluding steroid dienone is 1. The van der Waals surface area contributed by atoms with Crippen molar-refractivity contribution in [1.29, 1.82) is 0 Å². The number of hydrogen-bond acceptors (Lipinski definition) is 6. The normalized spacial score (nSPS) is 30.3. The predicted molar refractivity (Wildman–Crippen MR) is 143 cm³/mol. The third-order valence-corrected chi connectivity index (χ3v) is 10.2. The zero-order chi connectivity index (χ0) is 26.6. The number of unbranched alkanes of at least 4 members (excludes halogenated alkanes) is 1. The summed E-state index contributed by atoms with van der Waals surface area (Å²) in [6, 6.07) is -1.22. The van der Waals surface area contributed by atoms with Crippen LogP contribution in [-0.2, 0) is 19.1 Å². The number of ether oxygens (including phenoxy) is 1. The molecule has 1 N–H and O–H groups in total. The Hall–Kier alpha value is -1.80. The van der Waals surface area contributed by atoms with Crippen LogP contribution < -0.4 is 0 Å². The number of esters is 1. The number of thioether (sulfide) groups is 1. The summed E-state index contributed by atoms with van der Waals surface area (Å²) in [5.41, 5.74) is 0. The molecule has 0 aromatic carbocycles. The molecule has 1 spiro atoms. The van der Waals surface area contributed by atoms with Crippen molar-refractivity contribution in [3.63, 3.8) is 0 Å². The number of likely N-dealkylation sites (tertiary alicyclic amines) is 1. The van der Waals surface area contributed by atoms with E-state index in [0.29, 0.717) is 26.0 Å². The first-order chi connectivity index (χ1) is 17.2. The lowest BCUT2D eigenvalue weighted by Crippen LogP contribution is -2.59. The fraction of sp³-hybridized carbons (Fsp3) is 0.750. The van der Waals surface area contributed by atoms with Crippen molar-refractivity contribution in [2.75, 3.05) is 19.8 Å². The number of aliphatic hydroxyl groups excluding tert-OH is 1. The summed E-state index contributed by atoms with van der Waals surface area (Å²) in [4.78, 5) is 45.3. The van der Waals surface area contributed by atoms with Gasteiger partial charge < -0.3 is 19.6 Å². The van der Waals surface area contributed by atoms with Gasteiger partial charge in [-0.15, -0.1) is 24.9 Å². The van der Waals surface area contributed by atoms with E-state index in [4.69, 9.17) is 4.74 Å².